The van der Waals surface area contributed by atoms with Crippen LogP contribution in [0.15, 0.2) is 30.3 Å². The summed E-state index contributed by atoms with van der Waals surface area (Å²) in [4.78, 5) is 13.1. The first-order chi connectivity index (χ1) is 9.06. The fourth-order valence-electron chi connectivity index (χ4n) is 2.12. The lowest BCUT2D eigenvalue weighted by Gasteiger charge is -1.98. The van der Waals surface area contributed by atoms with Crippen LogP contribution in [0, 0.1) is 6.92 Å². The Kier molecular flexibility index (Phi) is 2.64. The molecule has 3 aromatic rings. The Bertz CT molecular complexity index is 734. The summed E-state index contributed by atoms with van der Waals surface area (Å²) in [5.74, 6) is -0.900. The number of benzene rings is 1. The third kappa shape index (κ3) is 1.92. The Morgan fingerprint density at radius 3 is 2.58 bits per heavy atom. The molecule has 0 amide bonds. The van der Waals surface area contributed by atoms with Crippen LogP contribution in [0.25, 0.3) is 20.7 Å². The number of thiophene rings is 1. The van der Waals surface area contributed by atoms with Gasteiger partial charge in [0.15, 0.2) is 0 Å². The molecule has 1 aromatic carbocycles. The molecule has 0 atom stereocenters. The van der Waals surface area contributed by atoms with Crippen molar-refractivity contribution in [2.45, 2.75) is 6.92 Å². The van der Waals surface area contributed by atoms with E-state index in [9.17, 15) is 4.79 Å². The molecule has 5 heteroatoms. The van der Waals surface area contributed by atoms with Gasteiger partial charge in [0.25, 0.3) is 0 Å². The van der Waals surface area contributed by atoms with Gasteiger partial charge in [0.05, 0.1) is 11.3 Å². The summed E-state index contributed by atoms with van der Waals surface area (Å²) in [6, 6.07) is 9.06. The van der Waals surface area contributed by atoms with Gasteiger partial charge in [0, 0.05) is 17.3 Å². The van der Waals surface area contributed by atoms with Gasteiger partial charge >= 0.3 is 5.97 Å². The van der Waals surface area contributed by atoms with E-state index in [2.05, 4.69) is 11.2 Å². The van der Waals surface area contributed by atoms with Crippen molar-refractivity contribution in [3.05, 3.63) is 41.6 Å². The fraction of sp³-hybridized carbons (Fsp3) is 0.143. The number of carbonyl (C=O) groups is 1. The average Bonchev–Trinajstić information content (AvgIpc) is 2.93. The molecule has 0 radical (unpaired) electrons. The zero-order chi connectivity index (χ0) is 13.6. The molecule has 0 aliphatic rings. The van der Waals surface area contributed by atoms with E-state index in [0.29, 0.717) is 5.56 Å². The van der Waals surface area contributed by atoms with Gasteiger partial charge in [0.1, 0.15) is 4.83 Å². The topological polar surface area (TPSA) is 55.1 Å². The number of carboxylic acids is 1. The maximum atomic E-state index is 10.8. The van der Waals surface area contributed by atoms with Crippen molar-refractivity contribution >= 4 is 27.5 Å². The van der Waals surface area contributed by atoms with Crippen LogP contribution < -0.4 is 0 Å². The van der Waals surface area contributed by atoms with Crippen molar-refractivity contribution in [1.82, 2.24) is 9.78 Å². The minimum absolute atomic E-state index is 0.308. The highest BCUT2D eigenvalue weighted by molar-refractivity contribution is 7.21. The SMILES string of the molecule is Cc1nn(C)c2sc(-c3ccc(C(=O)O)cc3)cc12. The molecule has 0 bridgehead atoms. The molecule has 0 unspecified atom stereocenters. The molecule has 0 fully saturated rings. The summed E-state index contributed by atoms with van der Waals surface area (Å²) >= 11 is 1.67. The van der Waals surface area contributed by atoms with Crippen molar-refractivity contribution in [3.8, 4) is 10.4 Å². The zero-order valence-electron chi connectivity index (χ0n) is 10.5. The summed E-state index contributed by atoms with van der Waals surface area (Å²) in [6.07, 6.45) is 0. The highest BCUT2D eigenvalue weighted by Crippen LogP contribution is 2.34. The Hall–Kier alpha value is -2.14. The number of hydrogen-bond acceptors (Lipinski definition) is 3. The van der Waals surface area contributed by atoms with Gasteiger partial charge in [-0.05, 0) is 30.7 Å². The number of rotatable bonds is 2. The van der Waals surface area contributed by atoms with E-state index in [1.807, 2.05) is 30.8 Å². The predicted molar refractivity (Wildman–Crippen MR) is 75.7 cm³/mol. The van der Waals surface area contributed by atoms with Gasteiger partial charge in [-0.3, -0.25) is 4.68 Å². The van der Waals surface area contributed by atoms with Crippen molar-refractivity contribution in [3.63, 3.8) is 0 Å². The molecule has 0 spiro atoms. The number of nitrogens with zero attached hydrogens (tertiary/aromatic N) is 2. The summed E-state index contributed by atoms with van der Waals surface area (Å²) in [5.41, 5.74) is 2.36. The third-order valence-corrected chi connectivity index (χ3v) is 4.36. The van der Waals surface area contributed by atoms with Gasteiger partial charge < -0.3 is 5.11 Å². The largest absolute Gasteiger partial charge is 0.478 e. The summed E-state index contributed by atoms with van der Waals surface area (Å²) in [7, 11) is 1.93. The molecule has 96 valence electrons. The second-order valence-corrected chi connectivity index (χ2v) is 5.45. The molecule has 0 saturated heterocycles. The molecule has 0 saturated carbocycles. The maximum absolute atomic E-state index is 10.8. The van der Waals surface area contributed by atoms with E-state index in [4.69, 9.17) is 5.11 Å². The molecule has 2 aromatic heterocycles. The van der Waals surface area contributed by atoms with Crippen molar-refractivity contribution < 1.29 is 9.90 Å². The first kappa shape index (κ1) is 11.9. The monoisotopic (exact) mass is 272 g/mol. The minimum atomic E-state index is -0.900. The first-order valence-electron chi connectivity index (χ1n) is 5.83. The Morgan fingerprint density at radius 2 is 2.00 bits per heavy atom. The summed E-state index contributed by atoms with van der Waals surface area (Å²) < 4.78 is 1.88. The van der Waals surface area contributed by atoms with Gasteiger partial charge in [-0.1, -0.05) is 12.1 Å². The standard InChI is InChI=1S/C14H12N2O2S/c1-8-11-7-12(19-13(11)16(2)15-8)9-3-5-10(6-4-9)14(17)18/h3-7H,1-2H3,(H,17,18). The van der Waals surface area contributed by atoms with E-state index in [1.165, 1.54) is 0 Å². The molecular weight excluding hydrogens is 260 g/mol. The Labute approximate surface area is 113 Å². The van der Waals surface area contributed by atoms with Crippen LogP contribution >= 0.6 is 11.3 Å². The van der Waals surface area contributed by atoms with Crippen molar-refractivity contribution in [2.24, 2.45) is 7.05 Å². The van der Waals surface area contributed by atoms with Crippen LogP contribution in [0.2, 0.25) is 0 Å². The number of hydrogen-bond donors (Lipinski definition) is 1. The van der Waals surface area contributed by atoms with Gasteiger partial charge in [-0.15, -0.1) is 11.3 Å². The van der Waals surface area contributed by atoms with Gasteiger partial charge in [0.2, 0.25) is 0 Å². The number of aromatic nitrogens is 2. The molecule has 3 rings (SSSR count). The van der Waals surface area contributed by atoms with E-state index >= 15 is 0 Å². The average molecular weight is 272 g/mol. The third-order valence-electron chi connectivity index (χ3n) is 3.11. The molecule has 0 aliphatic heterocycles. The molecular formula is C14H12N2O2S. The second kappa shape index (κ2) is 4.20. The smallest absolute Gasteiger partial charge is 0.335 e. The Balaban J connectivity index is 2.08. The summed E-state index contributed by atoms with van der Waals surface area (Å²) in [5, 5.41) is 14.4. The number of carboxylic acid groups (broad SMARTS) is 1. The summed E-state index contributed by atoms with van der Waals surface area (Å²) in [6.45, 7) is 1.99. The Morgan fingerprint density at radius 1 is 1.32 bits per heavy atom. The van der Waals surface area contributed by atoms with Crippen LogP contribution in [-0.4, -0.2) is 20.9 Å². The van der Waals surface area contributed by atoms with Crippen LogP contribution in [0.4, 0.5) is 0 Å². The highest BCUT2D eigenvalue weighted by Gasteiger charge is 2.11. The molecule has 2 heterocycles. The fourth-order valence-corrected chi connectivity index (χ4v) is 3.25. The lowest BCUT2D eigenvalue weighted by atomic mass is 10.1. The predicted octanol–water partition coefficient (Wildman–Crippen LogP) is 3.31. The lowest BCUT2D eigenvalue weighted by molar-refractivity contribution is 0.0697. The minimum Gasteiger partial charge on any atom is -0.478 e. The molecule has 19 heavy (non-hydrogen) atoms. The van der Waals surface area contributed by atoms with Crippen LogP contribution in [0.3, 0.4) is 0 Å². The van der Waals surface area contributed by atoms with Crippen molar-refractivity contribution in [1.29, 1.82) is 0 Å². The first-order valence-corrected chi connectivity index (χ1v) is 6.65. The molecule has 4 nitrogen and oxygen atoms in total. The number of aromatic carboxylic acids is 1. The molecule has 1 N–H and O–H groups in total. The maximum Gasteiger partial charge on any atom is 0.335 e. The van der Waals surface area contributed by atoms with Crippen LogP contribution in [0.1, 0.15) is 16.1 Å². The van der Waals surface area contributed by atoms with Gasteiger partial charge in [-0.25, -0.2) is 4.79 Å². The van der Waals surface area contributed by atoms with Crippen LogP contribution in [0.5, 0.6) is 0 Å². The number of aryl methyl sites for hydroxylation is 2. The zero-order valence-corrected chi connectivity index (χ0v) is 11.4. The van der Waals surface area contributed by atoms with E-state index in [-0.39, 0.29) is 0 Å². The van der Waals surface area contributed by atoms with Gasteiger partial charge in [-0.2, -0.15) is 5.10 Å². The number of fused-ring (bicyclic) bond motifs is 1. The second-order valence-electron chi connectivity index (χ2n) is 4.42. The van der Waals surface area contributed by atoms with E-state index in [1.54, 1.807) is 23.5 Å². The molecule has 0 aliphatic carbocycles. The van der Waals surface area contributed by atoms with E-state index in [0.717, 1.165) is 26.4 Å². The lowest BCUT2D eigenvalue weighted by Crippen LogP contribution is -1.94. The quantitative estimate of drug-likeness (QED) is 0.778. The van der Waals surface area contributed by atoms with Crippen LogP contribution in [-0.2, 0) is 7.05 Å². The highest BCUT2D eigenvalue weighted by atomic mass is 32.1. The normalized spacial score (nSPS) is 11.1. The van der Waals surface area contributed by atoms with Crippen molar-refractivity contribution in [2.75, 3.05) is 0 Å². The van der Waals surface area contributed by atoms with E-state index < -0.39 is 5.97 Å².